The third kappa shape index (κ3) is 3.74. The van der Waals surface area contributed by atoms with Gasteiger partial charge in [0.05, 0.1) is 19.0 Å². The molecule has 0 atom stereocenters. The van der Waals surface area contributed by atoms with Crippen LogP contribution in [0.3, 0.4) is 0 Å². The average molecular weight is 340 g/mol. The number of oxazole rings is 1. The number of nitrogens with zero attached hydrogens (tertiary/aromatic N) is 1. The van der Waals surface area contributed by atoms with Crippen LogP contribution in [-0.4, -0.2) is 24.1 Å². The Balaban J connectivity index is 1.58. The maximum absolute atomic E-state index is 12.1. The van der Waals surface area contributed by atoms with Crippen LogP contribution < -0.4 is 15.8 Å². The average Bonchev–Trinajstić information content (AvgIpc) is 2.90. The van der Waals surface area contributed by atoms with E-state index in [0.717, 1.165) is 16.6 Å². The van der Waals surface area contributed by atoms with Crippen molar-refractivity contribution in [2.45, 2.75) is 12.8 Å². The lowest BCUT2D eigenvalue weighted by molar-refractivity contribution is -0.120. The SMILES string of the molecule is COc1ccccc1CC(=O)NCCc1ccc2oc(=O)n(C)c2c1. The van der Waals surface area contributed by atoms with Crippen LogP contribution in [0.1, 0.15) is 11.1 Å². The largest absolute Gasteiger partial charge is 0.496 e. The van der Waals surface area contributed by atoms with Gasteiger partial charge in [0.25, 0.3) is 0 Å². The lowest BCUT2D eigenvalue weighted by atomic mass is 10.1. The van der Waals surface area contributed by atoms with Crippen LogP contribution in [-0.2, 0) is 24.7 Å². The second-order valence-electron chi connectivity index (χ2n) is 5.82. The molecule has 0 radical (unpaired) electrons. The van der Waals surface area contributed by atoms with Gasteiger partial charge in [0, 0.05) is 19.2 Å². The lowest BCUT2D eigenvalue weighted by Gasteiger charge is -2.09. The van der Waals surface area contributed by atoms with Gasteiger partial charge in [0.2, 0.25) is 5.91 Å². The number of hydrogen-bond donors (Lipinski definition) is 1. The Morgan fingerprint density at radius 1 is 1.24 bits per heavy atom. The number of rotatable bonds is 6. The number of hydrogen-bond acceptors (Lipinski definition) is 4. The molecule has 0 aliphatic rings. The molecule has 0 spiro atoms. The summed E-state index contributed by atoms with van der Waals surface area (Å²) in [7, 11) is 3.27. The molecule has 1 amide bonds. The van der Waals surface area contributed by atoms with Crippen LogP contribution in [0.5, 0.6) is 5.75 Å². The predicted octanol–water partition coefficient (Wildman–Crippen LogP) is 2.04. The highest BCUT2D eigenvalue weighted by Gasteiger charge is 2.09. The van der Waals surface area contributed by atoms with Crippen LogP contribution in [0, 0.1) is 0 Å². The van der Waals surface area contributed by atoms with E-state index in [1.54, 1.807) is 20.2 Å². The zero-order chi connectivity index (χ0) is 17.8. The standard InChI is InChI=1S/C19H20N2O4/c1-21-15-11-13(7-8-17(15)25-19(21)23)9-10-20-18(22)12-14-5-3-4-6-16(14)24-2/h3-8,11H,9-10,12H2,1-2H3,(H,20,22). The first-order chi connectivity index (χ1) is 12.1. The molecule has 0 fully saturated rings. The van der Waals surface area contributed by atoms with E-state index in [4.69, 9.17) is 9.15 Å². The Morgan fingerprint density at radius 3 is 2.84 bits per heavy atom. The van der Waals surface area contributed by atoms with Crippen molar-refractivity contribution < 1.29 is 13.9 Å². The number of carbonyl (C=O) groups is 1. The molecule has 0 unspecified atom stereocenters. The van der Waals surface area contributed by atoms with Gasteiger partial charge in [-0.1, -0.05) is 24.3 Å². The Morgan fingerprint density at radius 2 is 2.04 bits per heavy atom. The van der Waals surface area contributed by atoms with Crippen molar-refractivity contribution in [1.29, 1.82) is 0 Å². The molecule has 3 rings (SSSR count). The maximum Gasteiger partial charge on any atom is 0.419 e. The van der Waals surface area contributed by atoms with Crippen molar-refractivity contribution in [1.82, 2.24) is 9.88 Å². The molecule has 3 aromatic rings. The summed E-state index contributed by atoms with van der Waals surface area (Å²) in [5, 5.41) is 2.91. The van der Waals surface area contributed by atoms with Gasteiger partial charge in [-0.3, -0.25) is 9.36 Å². The number of ether oxygens (including phenoxy) is 1. The van der Waals surface area contributed by atoms with Gasteiger partial charge in [-0.05, 0) is 30.2 Å². The summed E-state index contributed by atoms with van der Waals surface area (Å²) in [6.45, 7) is 0.519. The number of aryl methyl sites for hydroxylation is 1. The molecule has 130 valence electrons. The van der Waals surface area contributed by atoms with Gasteiger partial charge in [-0.2, -0.15) is 0 Å². The predicted molar refractivity (Wildman–Crippen MR) is 94.9 cm³/mol. The molecule has 1 aromatic heterocycles. The highest BCUT2D eigenvalue weighted by Crippen LogP contribution is 2.17. The van der Waals surface area contributed by atoms with Crippen LogP contribution >= 0.6 is 0 Å². The molecule has 6 heteroatoms. The molecule has 0 bridgehead atoms. The molecule has 0 saturated carbocycles. The molecule has 0 saturated heterocycles. The van der Waals surface area contributed by atoms with Gasteiger partial charge in [0.15, 0.2) is 5.58 Å². The smallest absolute Gasteiger partial charge is 0.419 e. The van der Waals surface area contributed by atoms with E-state index in [0.29, 0.717) is 24.3 Å². The van der Waals surface area contributed by atoms with E-state index >= 15 is 0 Å². The van der Waals surface area contributed by atoms with Gasteiger partial charge in [-0.15, -0.1) is 0 Å². The van der Waals surface area contributed by atoms with Gasteiger partial charge in [0.1, 0.15) is 5.75 Å². The summed E-state index contributed by atoms with van der Waals surface area (Å²) in [6.07, 6.45) is 0.951. The Hall–Kier alpha value is -3.02. The normalized spacial score (nSPS) is 10.8. The fourth-order valence-electron chi connectivity index (χ4n) is 2.76. The monoisotopic (exact) mass is 340 g/mol. The third-order valence-electron chi connectivity index (χ3n) is 4.14. The maximum atomic E-state index is 12.1. The Labute approximate surface area is 145 Å². The fourth-order valence-corrected chi connectivity index (χ4v) is 2.76. The fraction of sp³-hybridized carbons (Fsp3) is 0.263. The minimum absolute atomic E-state index is 0.0544. The molecule has 1 N–H and O–H groups in total. The van der Waals surface area contributed by atoms with Crippen molar-refractivity contribution in [2.75, 3.05) is 13.7 Å². The van der Waals surface area contributed by atoms with E-state index in [2.05, 4.69) is 5.32 Å². The van der Waals surface area contributed by atoms with Crippen LogP contribution in [0.2, 0.25) is 0 Å². The van der Waals surface area contributed by atoms with Gasteiger partial charge < -0.3 is 14.5 Å². The molecular weight excluding hydrogens is 320 g/mol. The van der Waals surface area contributed by atoms with Gasteiger partial charge in [-0.25, -0.2) is 4.79 Å². The number of para-hydroxylation sites is 1. The topological polar surface area (TPSA) is 73.5 Å². The van der Waals surface area contributed by atoms with Crippen molar-refractivity contribution in [3.05, 3.63) is 64.1 Å². The van der Waals surface area contributed by atoms with Gasteiger partial charge >= 0.3 is 5.76 Å². The van der Waals surface area contributed by atoms with Crippen molar-refractivity contribution >= 4 is 17.0 Å². The van der Waals surface area contributed by atoms with Crippen molar-refractivity contribution in [2.24, 2.45) is 7.05 Å². The number of carbonyl (C=O) groups excluding carboxylic acids is 1. The molecular formula is C19H20N2O4. The van der Waals surface area contributed by atoms with Crippen molar-refractivity contribution in [3.63, 3.8) is 0 Å². The van der Waals surface area contributed by atoms with Crippen molar-refractivity contribution in [3.8, 4) is 5.75 Å². The number of nitrogens with one attached hydrogen (secondary N) is 1. The first-order valence-corrected chi connectivity index (χ1v) is 8.05. The summed E-state index contributed by atoms with van der Waals surface area (Å²) >= 11 is 0. The first-order valence-electron chi connectivity index (χ1n) is 8.05. The lowest BCUT2D eigenvalue weighted by Crippen LogP contribution is -2.27. The Bertz CT molecular complexity index is 955. The summed E-state index contributed by atoms with van der Waals surface area (Å²) in [6, 6.07) is 13.1. The van der Waals surface area contributed by atoms with E-state index in [1.807, 2.05) is 36.4 Å². The van der Waals surface area contributed by atoms with E-state index in [9.17, 15) is 9.59 Å². The Kier molecular flexibility index (Phi) is 4.88. The summed E-state index contributed by atoms with van der Waals surface area (Å²) in [5.41, 5.74) is 3.21. The second-order valence-corrected chi connectivity index (χ2v) is 5.82. The minimum Gasteiger partial charge on any atom is -0.496 e. The number of benzene rings is 2. The number of amides is 1. The van der Waals surface area contributed by atoms with E-state index < -0.39 is 0 Å². The highest BCUT2D eigenvalue weighted by atomic mass is 16.5. The molecule has 25 heavy (non-hydrogen) atoms. The molecule has 0 aliphatic carbocycles. The summed E-state index contributed by atoms with van der Waals surface area (Å²) < 4.78 is 11.8. The summed E-state index contributed by atoms with van der Waals surface area (Å²) in [5.74, 6) is 0.280. The summed E-state index contributed by atoms with van der Waals surface area (Å²) in [4.78, 5) is 23.6. The molecule has 2 aromatic carbocycles. The number of methoxy groups -OCH3 is 1. The van der Waals surface area contributed by atoms with E-state index in [1.165, 1.54) is 4.57 Å². The van der Waals surface area contributed by atoms with E-state index in [-0.39, 0.29) is 18.1 Å². The number of aromatic nitrogens is 1. The zero-order valence-electron chi connectivity index (χ0n) is 14.2. The second kappa shape index (κ2) is 7.25. The van der Waals surface area contributed by atoms with Crippen LogP contribution in [0.4, 0.5) is 0 Å². The quantitative estimate of drug-likeness (QED) is 0.745. The minimum atomic E-state index is -0.378. The van der Waals surface area contributed by atoms with Crippen LogP contribution in [0.25, 0.3) is 11.1 Å². The number of fused-ring (bicyclic) bond motifs is 1. The third-order valence-corrected chi connectivity index (χ3v) is 4.14. The highest BCUT2D eigenvalue weighted by molar-refractivity contribution is 5.79. The molecule has 6 nitrogen and oxygen atoms in total. The van der Waals surface area contributed by atoms with Crippen LogP contribution in [0.15, 0.2) is 51.7 Å². The first kappa shape index (κ1) is 16.8. The molecule has 1 heterocycles. The zero-order valence-corrected chi connectivity index (χ0v) is 14.2. The molecule has 0 aliphatic heterocycles.